The molecule has 1 heterocycles. The van der Waals surface area contributed by atoms with E-state index in [1.807, 2.05) is 24.3 Å². The molecular formula is C27H30N2O6. The monoisotopic (exact) mass is 478 g/mol. The fraction of sp³-hybridized carbons (Fsp3) is 0.444. The summed E-state index contributed by atoms with van der Waals surface area (Å²) in [5.41, 5.74) is 4.63. The number of amides is 2. The molecule has 1 saturated carbocycles. The van der Waals surface area contributed by atoms with E-state index < -0.39 is 24.1 Å². The number of benzene rings is 2. The molecule has 2 aromatic carbocycles. The number of hydrogen-bond donors (Lipinski definition) is 3. The molecule has 2 fully saturated rings. The maximum Gasteiger partial charge on any atom is 0.407 e. The number of hydrogen-bond acceptors (Lipinski definition) is 5. The van der Waals surface area contributed by atoms with Gasteiger partial charge in [-0.3, -0.25) is 9.59 Å². The van der Waals surface area contributed by atoms with Gasteiger partial charge in [0.2, 0.25) is 5.91 Å². The number of carbonyl (C=O) groups excluding carboxylic acids is 2. The second kappa shape index (κ2) is 10.1. The molecule has 0 aromatic heterocycles. The zero-order valence-corrected chi connectivity index (χ0v) is 19.4. The summed E-state index contributed by atoms with van der Waals surface area (Å²) < 4.78 is 11.2. The van der Waals surface area contributed by atoms with Crippen LogP contribution < -0.4 is 10.6 Å². The average Bonchev–Trinajstić information content (AvgIpc) is 3.59. The summed E-state index contributed by atoms with van der Waals surface area (Å²) >= 11 is 0. The molecule has 0 bridgehead atoms. The zero-order valence-electron chi connectivity index (χ0n) is 19.4. The minimum atomic E-state index is -0.881. The normalized spacial score (nSPS) is 25.0. The Bertz CT molecular complexity index is 1070. The topological polar surface area (TPSA) is 114 Å². The van der Waals surface area contributed by atoms with Crippen LogP contribution in [0.3, 0.4) is 0 Å². The maximum atomic E-state index is 12.8. The number of fused-ring (bicyclic) bond motifs is 3. The van der Waals surface area contributed by atoms with Crippen molar-refractivity contribution >= 4 is 18.0 Å². The van der Waals surface area contributed by atoms with Crippen molar-refractivity contribution in [2.24, 2.45) is 11.8 Å². The van der Waals surface area contributed by atoms with E-state index in [1.165, 1.54) is 11.1 Å². The molecule has 3 aliphatic rings. The van der Waals surface area contributed by atoms with Gasteiger partial charge in [0.05, 0.1) is 5.92 Å². The number of nitrogens with one attached hydrogen (secondary N) is 2. The molecule has 4 atom stereocenters. The van der Waals surface area contributed by atoms with Crippen LogP contribution in [0.25, 0.3) is 11.1 Å². The van der Waals surface area contributed by atoms with E-state index in [0.717, 1.165) is 17.5 Å². The van der Waals surface area contributed by atoms with Crippen LogP contribution in [0.1, 0.15) is 42.7 Å². The van der Waals surface area contributed by atoms with Gasteiger partial charge in [-0.1, -0.05) is 55.0 Å². The summed E-state index contributed by atoms with van der Waals surface area (Å²) in [6.07, 6.45) is 1.39. The number of ether oxygens (including phenoxy) is 2. The van der Waals surface area contributed by atoms with E-state index in [4.69, 9.17) is 9.47 Å². The lowest BCUT2D eigenvalue weighted by Gasteiger charge is -2.23. The van der Waals surface area contributed by atoms with E-state index in [2.05, 4.69) is 34.9 Å². The Morgan fingerprint density at radius 1 is 0.971 bits per heavy atom. The van der Waals surface area contributed by atoms with Crippen LogP contribution in [-0.2, 0) is 19.1 Å². The van der Waals surface area contributed by atoms with Crippen molar-refractivity contribution in [2.45, 2.75) is 43.7 Å². The molecule has 8 nitrogen and oxygen atoms in total. The van der Waals surface area contributed by atoms with Crippen LogP contribution in [0, 0.1) is 11.8 Å². The Balaban J connectivity index is 1.14. The zero-order chi connectivity index (χ0) is 24.4. The number of aliphatic carboxylic acids is 1. The van der Waals surface area contributed by atoms with Gasteiger partial charge < -0.3 is 25.2 Å². The Kier molecular flexibility index (Phi) is 6.72. The second-order valence-corrected chi connectivity index (χ2v) is 9.54. The first-order valence-electron chi connectivity index (χ1n) is 12.3. The van der Waals surface area contributed by atoms with Gasteiger partial charge in [0, 0.05) is 31.0 Å². The highest BCUT2D eigenvalue weighted by molar-refractivity contribution is 5.83. The van der Waals surface area contributed by atoms with Crippen molar-refractivity contribution in [3.05, 3.63) is 59.7 Å². The smallest absolute Gasteiger partial charge is 0.407 e. The third kappa shape index (κ3) is 4.75. The quantitative estimate of drug-likeness (QED) is 0.563. The minimum absolute atomic E-state index is 0.0184. The van der Waals surface area contributed by atoms with Crippen molar-refractivity contribution in [2.75, 3.05) is 19.8 Å². The minimum Gasteiger partial charge on any atom is -0.481 e. The van der Waals surface area contributed by atoms with Gasteiger partial charge in [0.25, 0.3) is 0 Å². The highest BCUT2D eigenvalue weighted by atomic mass is 16.5. The van der Waals surface area contributed by atoms with Crippen molar-refractivity contribution in [1.29, 1.82) is 0 Å². The molecular weight excluding hydrogens is 448 g/mol. The first-order chi connectivity index (χ1) is 17.0. The Morgan fingerprint density at radius 2 is 1.66 bits per heavy atom. The molecule has 2 aliphatic carbocycles. The molecule has 2 aromatic rings. The highest BCUT2D eigenvalue weighted by Crippen LogP contribution is 2.44. The van der Waals surface area contributed by atoms with Gasteiger partial charge in [-0.15, -0.1) is 0 Å². The van der Waals surface area contributed by atoms with Crippen molar-refractivity contribution < 1.29 is 29.0 Å². The van der Waals surface area contributed by atoms with Crippen LogP contribution in [0.2, 0.25) is 0 Å². The predicted octanol–water partition coefficient (Wildman–Crippen LogP) is 3.30. The van der Waals surface area contributed by atoms with Gasteiger partial charge >= 0.3 is 12.1 Å². The second-order valence-electron chi connectivity index (χ2n) is 9.54. The summed E-state index contributed by atoms with van der Waals surface area (Å²) in [6.45, 7) is 0.896. The number of carbonyl (C=O) groups is 3. The Morgan fingerprint density at radius 3 is 2.34 bits per heavy atom. The summed E-state index contributed by atoms with van der Waals surface area (Å²) in [7, 11) is 0. The van der Waals surface area contributed by atoms with Gasteiger partial charge in [0.15, 0.2) is 0 Å². The average molecular weight is 479 g/mol. The highest BCUT2D eigenvalue weighted by Gasteiger charge is 2.39. The Hall–Kier alpha value is -3.39. The third-order valence-electron chi connectivity index (χ3n) is 7.49. The number of carboxylic acids is 1. The van der Waals surface area contributed by atoms with E-state index in [9.17, 15) is 19.5 Å². The summed E-state index contributed by atoms with van der Waals surface area (Å²) in [5.74, 6) is -1.96. The maximum absolute atomic E-state index is 12.8. The van der Waals surface area contributed by atoms with E-state index in [-0.39, 0.29) is 36.9 Å². The lowest BCUT2D eigenvalue weighted by molar-refractivity contribution is -0.142. The van der Waals surface area contributed by atoms with Crippen LogP contribution in [0.4, 0.5) is 4.79 Å². The molecule has 8 heteroatoms. The fourth-order valence-electron chi connectivity index (χ4n) is 5.69. The summed E-state index contributed by atoms with van der Waals surface area (Å²) in [5, 5.41) is 15.0. The first kappa shape index (κ1) is 23.4. The van der Waals surface area contributed by atoms with E-state index >= 15 is 0 Å². The SMILES string of the molecule is O=C(NC[C@H]1CCO[C@H]1C(=O)NC1CCCC1C(=O)O)OCC1c2ccccc2-c2ccccc21. The standard InChI is InChI=1S/C27H30N2O6/c30-25(29-23-11-5-10-21(23)26(31)32)24-16(12-13-34-24)14-28-27(33)35-15-22-19-8-3-1-6-17(19)18-7-2-4-9-20(18)22/h1-4,6-9,16,21-24H,5,10-15H2,(H,28,33)(H,29,30)(H,31,32)/t16-,21?,23?,24-/m1/s1. The molecule has 0 spiro atoms. The first-order valence-corrected chi connectivity index (χ1v) is 12.3. The molecule has 1 saturated heterocycles. The molecule has 35 heavy (non-hydrogen) atoms. The summed E-state index contributed by atoms with van der Waals surface area (Å²) in [6, 6.07) is 15.9. The largest absolute Gasteiger partial charge is 0.481 e. The van der Waals surface area contributed by atoms with Crippen molar-refractivity contribution in [3.63, 3.8) is 0 Å². The molecule has 5 rings (SSSR count). The van der Waals surface area contributed by atoms with Gasteiger partial charge in [-0.2, -0.15) is 0 Å². The van der Waals surface area contributed by atoms with E-state index in [0.29, 0.717) is 25.9 Å². The number of rotatable bonds is 7. The van der Waals surface area contributed by atoms with Crippen LogP contribution in [-0.4, -0.2) is 55.0 Å². The fourth-order valence-corrected chi connectivity index (χ4v) is 5.69. The molecule has 2 amide bonds. The lowest BCUT2D eigenvalue weighted by Crippen LogP contribution is -2.48. The molecule has 2 unspecified atom stereocenters. The molecule has 0 radical (unpaired) electrons. The number of alkyl carbamates (subject to hydrolysis) is 1. The molecule has 3 N–H and O–H groups in total. The van der Waals surface area contributed by atoms with Crippen molar-refractivity contribution in [3.8, 4) is 11.1 Å². The van der Waals surface area contributed by atoms with Crippen LogP contribution in [0.5, 0.6) is 0 Å². The predicted molar refractivity (Wildman–Crippen MR) is 128 cm³/mol. The summed E-state index contributed by atoms with van der Waals surface area (Å²) in [4.78, 5) is 36.7. The lowest BCUT2D eigenvalue weighted by atomic mass is 9.98. The third-order valence-corrected chi connectivity index (χ3v) is 7.49. The number of carboxylic acid groups (broad SMARTS) is 1. The van der Waals surface area contributed by atoms with E-state index in [1.54, 1.807) is 0 Å². The molecule has 184 valence electrons. The molecule has 1 aliphatic heterocycles. The Labute approximate surface area is 204 Å². The van der Waals surface area contributed by atoms with Gasteiger partial charge in [-0.05, 0) is 41.5 Å². The van der Waals surface area contributed by atoms with Crippen LogP contribution in [0.15, 0.2) is 48.5 Å². The van der Waals surface area contributed by atoms with Crippen LogP contribution >= 0.6 is 0 Å². The van der Waals surface area contributed by atoms with Crippen molar-refractivity contribution in [1.82, 2.24) is 10.6 Å². The van der Waals surface area contributed by atoms with Gasteiger partial charge in [-0.25, -0.2) is 4.79 Å². The van der Waals surface area contributed by atoms with Gasteiger partial charge in [0.1, 0.15) is 12.7 Å².